The molecule has 0 unspecified atom stereocenters. The van der Waals surface area contributed by atoms with Crippen molar-refractivity contribution in [2.75, 3.05) is 19.6 Å². The minimum atomic E-state index is -0.201. The first kappa shape index (κ1) is 15.9. The van der Waals surface area contributed by atoms with Crippen molar-refractivity contribution in [1.82, 2.24) is 24.9 Å². The van der Waals surface area contributed by atoms with Gasteiger partial charge in [0, 0.05) is 24.8 Å². The summed E-state index contributed by atoms with van der Waals surface area (Å²) in [5.74, 6) is -0.233. The molecule has 8 heteroatoms. The van der Waals surface area contributed by atoms with E-state index in [2.05, 4.69) is 20.2 Å². The number of carbonyl (C=O) groups is 1. The molecule has 0 bridgehead atoms. The number of nitrogens with zero attached hydrogens (tertiary/aromatic N) is 5. The number of likely N-dealkylation sites (tertiary alicyclic amines) is 1. The normalized spacial score (nSPS) is 18.9. The first-order chi connectivity index (χ1) is 11.1. The summed E-state index contributed by atoms with van der Waals surface area (Å²) < 4.78 is 1.80. The number of piperidine rings is 1. The van der Waals surface area contributed by atoms with Crippen LogP contribution in [-0.2, 0) is 11.3 Å². The highest BCUT2D eigenvalue weighted by molar-refractivity contribution is 6.29. The Morgan fingerprint density at radius 3 is 3.00 bits per heavy atom. The summed E-state index contributed by atoms with van der Waals surface area (Å²) in [7, 11) is 0. The molecule has 122 valence electrons. The quantitative estimate of drug-likeness (QED) is 0.829. The second-order valence-corrected chi connectivity index (χ2v) is 6.17. The zero-order chi connectivity index (χ0) is 16.2. The second-order valence-electron chi connectivity index (χ2n) is 5.78. The van der Waals surface area contributed by atoms with Crippen molar-refractivity contribution in [3.05, 3.63) is 29.7 Å². The molecule has 23 heavy (non-hydrogen) atoms. The third-order valence-corrected chi connectivity index (χ3v) is 4.34. The highest BCUT2D eigenvalue weighted by Crippen LogP contribution is 2.18. The number of pyridine rings is 1. The lowest BCUT2D eigenvalue weighted by molar-refractivity contribution is -0.123. The van der Waals surface area contributed by atoms with Gasteiger partial charge in [-0.2, -0.15) is 0 Å². The highest BCUT2D eigenvalue weighted by Gasteiger charge is 2.23. The van der Waals surface area contributed by atoms with Crippen LogP contribution in [0.3, 0.4) is 0 Å². The average Bonchev–Trinajstić information content (AvgIpc) is 3.03. The molecule has 0 aliphatic carbocycles. The number of primary amides is 1. The fourth-order valence-corrected chi connectivity index (χ4v) is 2.91. The van der Waals surface area contributed by atoms with Crippen LogP contribution < -0.4 is 5.73 Å². The van der Waals surface area contributed by atoms with Gasteiger partial charge in [-0.3, -0.25) is 9.48 Å². The molecule has 1 amide bonds. The van der Waals surface area contributed by atoms with E-state index in [-0.39, 0.29) is 11.8 Å². The molecule has 1 aliphatic rings. The van der Waals surface area contributed by atoms with Crippen LogP contribution in [0.1, 0.15) is 12.8 Å². The lowest BCUT2D eigenvalue weighted by Crippen LogP contribution is -2.42. The van der Waals surface area contributed by atoms with E-state index in [1.165, 1.54) is 0 Å². The number of carbonyl (C=O) groups excluding carboxylic acids is 1. The van der Waals surface area contributed by atoms with Crippen molar-refractivity contribution in [1.29, 1.82) is 0 Å². The maximum atomic E-state index is 11.3. The van der Waals surface area contributed by atoms with Crippen LogP contribution in [0.2, 0.25) is 5.15 Å². The summed E-state index contributed by atoms with van der Waals surface area (Å²) in [6.07, 6.45) is 5.47. The van der Waals surface area contributed by atoms with Crippen molar-refractivity contribution in [3.63, 3.8) is 0 Å². The van der Waals surface area contributed by atoms with Crippen LogP contribution in [0, 0.1) is 5.92 Å². The summed E-state index contributed by atoms with van der Waals surface area (Å²) in [4.78, 5) is 17.6. The smallest absolute Gasteiger partial charge is 0.221 e. The maximum absolute atomic E-state index is 11.3. The fraction of sp³-hybridized carbons (Fsp3) is 0.467. The van der Waals surface area contributed by atoms with Gasteiger partial charge in [-0.25, -0.2) is 4.98 Å². The van der Waals surface area contributed by atoms with Gasteiger partial charge in [0.05, 0.1) is 18.7 Å². The SMILES string of the molecule is NC(=O)[C@H]1CCCN(CCn2cc(-c3ccc(Cl)nc3)nn2)C1. The largest absolute Gasteiger partial charge is 0.369 e. The van der Waals surface area contributed by atoms with E-state index in [9.17, 15) is 4.79 Å². The minimum absolute atomic E-state index is 0.0322. The Morgan fingerprint density at radius 1 is 1.39 bits per heavy atom. The highest BCUT2D eigenvalue weighted by atomic mass is 35.5. The molecule has 3 heterocycles. The summed E-state index contributed by atoms with van der Waals surface area (Å²) in [6.45, 7) is 3.27. The summed E-state index contributed by atoms with van der Waals surface area (Å²) in [5, 5.41) is 8.76. The molecule has 2 N–H and O–H groups in total. The van der Waals surface area contributed by atoms with Crippen LogP contribution in [0.4, 0.5) is 0 Å². The van der Waals surface area contributed by atoms with Gasteiger partial charge in [-0.05, 0) is 31.5 Å². The number of nitrogens with two attached hydrogens (primary N) is 1. The third kappa shape index (κ3) is 4.05. The van der Waals surface area contributed by atoms with Crippen molar-refractivity contribution >= 4 is 17.5 Å². The van der Waals surface area contributed by atoms with E-state index in [0.717, 1.165) is 50.3 Å². The zero-order valence-electron chi connectivity index (χ0n) is 12.7. The molecule has 3 rings (SSSR count). The third-order valence-electron chi connectivity index (χ3n) is 4.12. The molecule has 0 aromatic carbocycles. The lowest BCUT2D eigenvalue weighted by Gasteiger charge is -2.30. The molecule has 0 saturated carbocycles. The van der Waals surface area contributed by atoms with Gasteiger partial charge in [0.25, 0.3) is 0 Å². The number of amides is 1. The first-order valence-electron chi connectivity index (χ1n) is 7.65. The van der Waals surface area contributed by atoms with E-state index >= 15 is 0 Å². The van der Waals surface area contributed by atoms with Crippen molar-refractivity contribution < 1.29 is 4.79 Å². The van der Waals surface area contributed by atoms with E-state index in [4.69, 9.17) is 17.3 Å². The van der Waals surface area contributed by atoms with Crippen LogP contribution in [0.15, 0.2) is 24.5 Å². The second kappa shape index (κ2) is 7.06. The standard InChI is InChI=1S/C15H19ClN6O/c16-14-4-3-11(8-18-14)13-10-22(20-19-13)7-6-21-5-1-2-12(9-21)15(17)23/h3-4,8,10,12H,1-2,5-7,9H2,(H2,17,23)/t12-/m0/s1. The van der Waals surface area contributed by atoms with Crippen LogP contribution in [-0.4, -0.2) is 50.4 Å². The monoisotopic (exact) mass is 334 g/mol. The maximum Gasteiger partial charge on any atom is 0.221 e. The van der Waals surface area contributed by atoms with Crippen molar-refractivity contribution in [2.45, 2.75) is 19.4 Å². The molecule has 1 atom stereocenters. The fourth-order valence-electron chi connectivity index (χ4n) is 2.80. The average molecular weight is 335 g/mol. The summed E-state index contributed by atoms with van der Waals surface area (Å²) >= 11 is 5.78. The Morgan fingerprint density at radius 2 is 2.26 bits per heavy atom. The van der Waals surface area contributed by atoms with Gasteiger partial charge in [-0.1, -0.05) is 16.8 Å². The lowest BCUT2D eigenvalue weighted by atomic mass is 9.97. The molecule has 2 aromatic heterocycles. The van der Waals surface area contributed by atoms with E-state index in [0.29, 0.717) is 5.15 Å². The van der Waals surface area contributed by atoms with Crippen LogP contribution >= 0.6 is 11.6 Å². The number of rotatable bonds is 5. The van der Waals surface area contributed by atoms with Gasteiger partial charge in [0.2, 0.25) is 5.91 Å². The van der Waals surface area contributed by atoms with Gasteiger partial charge in [0.1, 0.15) is 10.8 Å². The Labute approximate surface area is 139 Å². The molecule has 7 nitrogen and oxygen atoms in total. The summed E-state index contributed by atoms with van der Waals surface area (Å²) in [6, 6.07) is 3.60. The minimum Gasteiger partial charge on any atom is -0.369 e. The molecule has 2 aromatic rings. The van der Waals surface area contributed by atoms with Crippen LogP contribution in [0.5, 0.6) is 0 Å². The number of hydrogen-bond donors (Lipinski definition) is 1. The molecular weight excluding hydrogens is 316 g/mol. The predicted molar refractivity (Wildman–Crippen MR) is 86.6 cm³/mol. The van der Waals surface area contributed by atoms with Gasteiger partial charge < -0.3 is 10.6 Å². The molecule has 0 spiro atoms. The van der Waals surface area contributed by atoms with Gasteiger partial charge in [0.15, 0.2) is 0 Å². The Balaban J connectivity index is 1.57. The van der Waals surface area contributed by atoms with Crippen LogP contribution in [0.25, 0.3) is 11.3 Å². The molecule has 0 radical (unpaired) electrons. The van der Waals surface area contributed by atoms with Gasteiger partial charge >= 0.3 is 0 Å². The zero-order valence-corrected chi connectivity index (χ0v) is 13.5. The molecule has 1 saturated heterocycles. The Kier molecular flexibility index (Phi) is 4.88. The van der Waals surface area contributed by atoms with E-state index < -0.39 is 0 Å². The van der Waals surface area contributed by atoms with E-state index in [1.54, 1.807) is 16.9 Å². The van der Waals surface area contributed by atoms with E-state index in [1.807, 2.05) is 12.3 Å². The molecular formula is C15H19ClN6O. The topological polar surface area (TPSA) is 89.9 Å². The Hall–Kier alpha value is -1.99. The van der Waals surface area contributed by atoms with Gasteiger partial charge in [-0.15, -0.1) is 5.10 Å². The summed E-state index contributed by atoms with van der Waals surface area (Å²) in [5.41, 5.74) is 7.05. The predicted octanol–water partition coefficient (Wildman–Crippen LogP) is 1.19. The van der Waals surface area contributed by atoms with Crippen molar-refractivity contribution in [3.8, 4) is 11.3 Å². The van der Waals surface area contributed by atoms with Crippen molar-refractivity contribution in [2.24, 2.45) is 11.7 Å². The number of halogens is 1. The molecule has 1 fully saturated rings. The first-order valence-corrected chi connectivity index (χ1v) is 8.03. The Bertz CT molecular complexity index is 671. The number of aromatic nitrogens is 4. The number of hydrogen-bond acceptors (Lipinski definition) is 5. The molecule has 1 aliphatic heterocycles.